The summed E-state index contributed by atoms with van der Waals surface area (Å²) in [6.07, 6.45) is 2.06. The predicted molar refractivity (Wildman–Crippen MR) is 54.7 cm³/mol. The molecule has 1 aliphatic rings. The SMILES string of the molecule is Cc1ncc(S(=O)(=O)N2CCC(N)C2)[nH]1. The zero-order valence-electron chi connectivity index (χ0n) is 8.47. The molecule has 1 saturated heterocycles. The van der Waals surface area contributed by atoms with Crippen LogP contribution in [0.4, 0.5) is 0 Å². The van der Waals surface area contributed by atoms with Crippen LogP contribution >= 0.6 is 0 Å². The fraction of sp³-hybridized carbons (Fsp3) is 0.625. The van der Waals surface area contributed by atoms with Gasteiger partial charge in [-0.2, -0.15) is 4.31 Å². The molecule has 1 unspecified atom stereocenters. The maximum absolute atomic E-state index is 12.0. The van der Waals surface area contributed by atoms with Gasteiger partial charge in [-0.1, -0.05) is 0 Å². The Kier molecular flexibility index (Phi) is 2.53. The number of imidazole rings is 1. The molecule has 7 heteroatoms. The molecular formula is C8H14N4O2S. The monoisotopic (exact) mass is 230 g/mol. The van der Waals surface area contributed by atoms with Crippen molar-refractivity contribution in [2.75, 3.05) is 13.1 Å². The number of rotatable bonds is 2. The molecule has 84 valence electrons. The molecule has 1 aromatic rings. The van der Waals surface area contributed by atoms with Crippen molar-refractivity contribution in [3.8, 4) is 0 Å². The maximum Gasteiger partial charge on any atom is 0.260 e. The first-order valence-electron chi connectivity index (χ1n) is 4.77. The van der Waals surface area contributed by atoms with Crippen molar-refractivity contribution in [1.29, 1.82) is 0 Å². The third-order valence-electron chi connectivity index (χ3n) is 2.48. The lowest BCUT2D eigenvalue weighted by molar-refractivity contribution is 0.470. The third kappa shape index (κ3) is 1.90. The summed E-state index contributed by atoms with van der Waals surface area (Å²) in [6, 6.07) is -0.0520. The second-order valence-electron chi connectivity index (χ2n) is 3.74. The number of aromatic nitrogens is 2. The molecule has 0 aliphatic carbocycles. The van der Waals surface area contributed by atoms with Crippen LogP contribution in [0.25, 0.3) is 0 Å². The van der Waals surface area contributed by atoms with Gasteiger partial charge in [-0.15, -0.1) is 0 Å². The van der Waals surface area contributed by atoms with Crippen LogP contribution in [0.15, 0.2) is 11.2 Å². The first-order chi connectivity index (χ1) is 7.00. The van der Waals surface area contributed by atoms with Crippen LogP contribution < -0.4 is 5.73 Å². The highest BCUT2D eigenvalue weighted by Crippen LogP contribution is 2.18. The van der Waals surface area contributed by atoms with E-state index >= 15 is 0 Å². The highest BCUT2D eigenvalue weighted by Gasteiger charge is 2.31. The molecule has 0 saturated carbocycles. The van der Waals surface area contributed by atoms with Crippen LogP contribution in [0, 0.1) is 6.92 Å². The fourth-order valence-electron chi connectivity index (χ4n) is 1.64. The Hall–Kier alpha value is -0.920. The van der Waals surface area contributed by atoms with E-state index in [0.29, 0.717) is 25.3 Å². The molecule has 1 fully saturated rings. The van der Waals surface area contributed by atoms with Crippen LogP contribution in [0.1, 0.15) is 12.2 Å². The zero-order chi connectivity index (χ0) is 11.1. The van der Waals surface area contributed by atoms with Crippen molar-refractivity contribution < 1.29 is 8.42 Å². The Balaban J connectivity index is 2.27. The number of nitrogens with zero attached hydrogens (tertiary/aromatic N) is 2. The lowest BCUT2D eigenvalue weighted by Crippen LogP contribution is -2.32. The van der Waals surface area contributed by atoms with Crippen LogP contribution in [-0.2, 0) is 10.0 Å². The van der Waals surface area contributed by atoms with Gasteiger partial charge in [0, 0.05) is 19.1 Å². The molecule has 1 aliphatic heterocycles. The fourth-order valence-corrected chi connectivity index (χ4v) is 3.11. The van der Waals surface area contributed by atoms with Gasteiger partial charge in [0.15, 0.2) is 5.03 Å². The van der Waals surface area contributed by atoms with E-state index < -0.39 is 10.0 Å². The van der Waals surface area contributed by atoms with Gasteiger partial charge in [-0.05, 0) is 13.3 Å². The minimum atomic E-state index is -3.42. The van der Waals surface area contributed by atoms with Crippen molar-refractivity contribution in [3.05, 3.63) is 12.0 Å². The van der Waals surface area contributed by atoms with Gasteiger partial charge in [0.25, 0.3) is 10.0 Å². The van der Waals surface area contributed by atoms with Gasteiger partial charge < -0.3 is 10.7 Å². The molecule has 3 N–H and O–H groups in total. The largest absolute Gasteiger partial charge is 0.332 e. The van der Waals surface area contributed by atoms with Crippen LogP contribution in [0.2, 0.25) is 0 Å². The molecule has 0 bridgehead atoms. The Morgan fingerprint density at radius 3 is 2.87 bits per heavy atom. The smallest absolute Gasteiger partial charge is 0.260 e. The second kappa shape index (κ2) is 3.58. The van der Waals surface area contributed by atoms with Gasteiger partial charge >= 0.3 is 0 Å². The average molecular weight is 230 g/mol. The quantitative estimate of drug-likeness (QED) is 0.712. The Bertz CT molecular complexity index is 453. The Labute approximate surface area is 88.5 Å². The molecule has 1 aromatic heterocycles. The van der Waals surface area contributed by atoms with Crippen molar-refractivity contribution in [2.24, 2.45) is 5.73 Å². The first-order valence-corrected chi connectivity index (χ1v) is 6.21. The van der Waals surface area contributed by atoms with Gasteiger partial charge in [-0.25, -0.2) is 13.4 Å². The minimum absolute atomic E-state index is 0.0520. The van der Waals surface area contributed by atoms with E-state index in [-0.39, 0.29) is 11.1 Å². The van der Waals surface area contributed by atoms with Crippen LogP contribution in [-0.4, -0.2) is 41.8 Å². The van der Waals surface area contributed by atoms with E-state index in [1.54, 1.807) is 6.92 Å². The first kappa shape index (κ1) is 10.6. The molecular weight excluding hydrogens is 216 g/mol. The molecule has 0 amide bonds. The number of aryl methyl sites for hydroxylation is 1. The highest BCUT2D eigenvalue weighted by atomic mass is 32.2. The highest BCUT2D eigenvalue weighted by molar-refractivity contribution is 7.89. The molecule has 6 nitrogen and oxygen atoms in total. The van der Waals surface area contributed by atoms with E-state index in [1.165, 1.54) is 10.5 Å². The van der Waals surface area contributed by atoms with E-state index in [9.17, 15) is 8.42 Å². The molecule has 2 rings (SSSR count). The molecule has 2 heterocycles. The molecule has 0 radical (unpaired) electrons. The average Bonchev–Trinajstić information content (AvgIpc) is 2.74. The Morgan fingerprint density at radius 1 is 1.67 bits per heavy atom. The minimum Gasteiger partial charge on any atom is -0.332 e. The van der Waals surface area contributed by atoms with Crippen molar-refractivity contribution in [2.45, 2.75) is 24.4 Å². The number of nitrogens with one attached hydrogen (secondary N) is 1. The van der Waals surface area contributed by atoms with E-state index in [2.05, 4.69) is 9.97 Å². The molecule has 15 heavy (non-hydrogen) atoms. The Morgan fingerprint density at radius 2 is 2.40 bits per heavy atom. The number of aromatic amines is 1. The number of nitrogens with two attached hydrogens (primary N) is 1. The second-order valence-corrected chi connectivity index (χ2v) is 5.65. The summed E-state index contributed by atoms with van der Waals surface area (Å²) >= 11 is 0. The number of H-pyrrole nitrogens is 1. The lowest BCUT2D eigenvalue weighted by Gasteiger charge is -2.13. The van der Waals surface area contributed by atoms with E-state index in [0.717, 1.165) is 0 Å². The summed E-state index contributed by atoms with van der Waals surface area (Å²) in [5.74, 6) is 0.595. The van der Waals surface area contributed by atoms with Crippen molar-refractivity contribution in [1.82, 2.24) is 14.3 Å². The zero-order valence-corrected chi connectivity index (χ0v) is 9.29. The third-order valence-corrected chi connectivity index (χ3v) is 4.26. The number of hydrogen-bond acceptors (Lipinski definition) is 4. The van der Waals surface area contributed by atoms with E-state index in [1.807, 2.05) is 0 Å². The normalized spacial score (nSPS) is 23.5. The molecule has 0 aromatic carbocycles. The lowest BCUT2D eigenvalue weighted by atomic mass is 10.3. The maximum atomic E-state index is 12.0. The van der Waals surface area contributed by atoms with Crippen molar-refractivity contribution >= 4 is 10.0 Å². The predicted octanol–water partition coefficient (Wildman–Crippen LogP) is -0.560. The topological polar surface area (TPSA) is 92.1 Å². The van der Waals surface area contributed by atoms with Gasteiger partial charge in [0.05, 0.1) is 6.20 Å². The molecule has 1 atom stereocenters. The van der Waals surface area contributed by atoms with Crippen LogP contribution in [0.3, 0.4) is 0 Å². The summed E-state index contributed by atoms with van der Waals surface area (Å²) in [4.78, 5) is 6.61. The van der Waals surface area contributed by atoms with Gasteiger partial charge in [0.2, 0.25) is 0 Å². The molecule has 0 spiro atoms. The summed E-state index contributed by atoms with van der Waals surface area (Å²) in [7, 11) is -3.42. The number of sulfonamides is 1. The summed E-state index contributed by atoms with van der Waals surface area (Å²) in [5.41, 5.74) is 5.67. The van der Waals surface area contributed by atoms with Crippen molar-refractivity contribution in [3.63, 3.8) is 0 Å². The summed E-state index contributed by atoms with van der Waals surface area (Å²) in [5, 5.41) is 0.147. The number of hydrogen-bond donors (Lipinski definition) is 2. The van der Waals surface area contributed by atoms with Gasteiger partial charge in [-0.3, -0.25) is 0 Å². The van der Waals surface area contributed by atoms with Gasteiger partial charge in [0.1, 0.15) is 5.82 Å². The van der Waals surface area contributed by atoms with Crippen LogP contribution in [0.5, 0.6) is 0 Å². The summed E-state index contributed by atoms with van der Waals surface area (Å²) < 4.78 is 25.4. The standard InChI is InChI=1S/C8H14N4O2S/c1-6-10-4-8(11-6)15(13,14)12-3-2-7(9)5-12/h4,7H,2-3,5,9H2,1H3,(H,10,11). The van der Waals surface area contributed by atoms with E-state index in [4.69, 9.17) is 5.73 Å². The summed E-state index contributed by atoms with van der Waals surface area (Å²) in [6.45, 7) is 2.59.